The summed E-state index contributed by atoms with van der Waals surface area (Å²) in [4.78, 5) is 0. The van der Waals surface area contributed by atoms with Crippen molar-refractivity contribution < 1.29 is 8.42 Å². The number of anilines is 1. The van der Waals surface area contributed by atoms with Crippen molar-refractivity contribution in [3.8, 4) is 0 Å². The molecule has 1 aliphatic rings. The van der Waals surface area contributed by atoms with E-state index in [9.17, 15) is 8.42 Å². The van der Waals surface area contributed by atoms with E-state index in [1.54, 1.807) is 6.92 Å². The van der Waals surface area contributed by atoms with E-state index in [1.165, 1.54) is 0 Å². The smallest absolute Gasteiger partial charge is 0.211 e. The molecule has 1 unspecified atom stereocenters. The largest absolute Gasteiger partial charge is 0.399 e. The molecule has 0 aromatic heterocycles. The van der Waals surface area contributed by atoms with E-state index >= 15 is 0 Å². The Kier molecular flexibility index (Phi) is 2.90. The van der Waals surface area contributed by atoms with Crippen molar-refractivity contribution in [3.05, 3.63) is 29.3 Å². The van der Waals surface area contributed by atoms with Gasteiger partial charge in [0.25, 0.3) is 0 Å². The van der Waals surface area contributed by atoms with E-state index in [2.05, 4.69) is 4.72 Å². The molecule has 1 aromatic rings. The molecule has 3 N–H and O–H groups in total. The fraction of sp³-hybridized carbons (Fsp3) is 0.455. The van der Waals surface area contributed by atoms with Gasteiger partial charge in [-0.15, -0.1) is 0 Å². The summed E-state index contributed by atoms with van der Waals surface area (Å²) in [6, 6.07) is 5.58. The summed E-state index contributed by atoms with van der Waals surface area (Å²) < 4.78 is 25.7. The highest BCUT2D eigenvalue weighted by Gasteiger charge is 2.25. The normalized spacial score (nSPS) is 19.7. The van der Waals surface area contributed by atoms with Crippen LogP contribution in [-0.2, 0) is 16.4 Å². The van der Waals surface area contributed by atoms with Gasteiger partial charge in [-0.05, 0) is 43.0 Å². The first kappa shape index (κ1) is 11.4. The summed E-state index contributed by atoms with van der Waals surface area (Å²) in [5.41, 5.74) is 8.64. The Bertz CT molecular complexity index is 497. The van der Waals surface area contributed by atoms with Crippen molar-refractivity contribution in [1.82, 2.24) is 4.72 Å². The first-order valence-electron chi connectivity index (χ1n) is 5.40. The third-order valence-electron chi connectivity index (χ3n) is 2.95. The Morgan fingerprint density at radius 2 is 2.25 bits per heavy atom. The van der Waals surface area contributed by atoms with Gasteiger partial charge >= 0.3 is 0 Å². The highest BCUT2D eigenvalue weighted by Crippen LogP contribution is 2.32. The number of nitrogens with one attached hydrogen (secondary N) is 1. The lowest BCUT2D eigenvalue weighted by Gasteiger charge is -2.13. The number of fused-ring (bicyclic) bond motifs is 1. The van der Waals surface area contributed by atoms with Gasteiger partial charge in [-0.2, -0.15) is 0 Å². The average Bonchev–Trinajstić information content (AvgIpc) is 2.60. The quantitative estimate of drug-likeness (QED) is 0.780. The molecule has 1 aromatic carbocycles. The van der Waals surface area contributed by atoms with E-state index in [-0.39, 0.29) is 11.8 Å². The molecule has 0 saturated carbocycles. The molecule has 0 amide bonds. The molecule has 0 fully saturated rings. The minimum absolute atomic E-state index is 0.0828. The van der Waals surface area contributed by atoms with Crippen LogP contribution in [-0.4, -0.2) is 14.2 Å². The Morgan fingerprint density at radius 3 is 2.94 bits per heavy atom. The van der Waals surface area contributed by atoms with E-state index < -0.39 is 10.0 Å². The van der Waals surface area contributed by atoms with Crippen LogP contribution in [0.2, 0.25) is 0 Å². The molecule has 4 nitrogen and oxygen atoms in total. The highest BCUT2D eigenvalue weighted by atomic mass is 32.2. The minimum atomic E-state index is -3.14. The van der Waals surface area contributed by atoms with Gasteiger partial charge in [0, 0.05) is 11.7 Å². The predicted molar refractivity (Wildman–Crippen MR) is 64.5 cm³/mol. The molecular weight excluding hydrogens is 224 g/mol. The number of hydrogen-bond donors (Lipinski definition) is 2. The van der Waals surface area contributed by atoms with Gasteiger partial charge < -0.3 is 5.73 Å². The molecule has 88 valence electrons. The average molecular weight is 240 g/mol. The number of rotatable bonds is 3. The molecule has 0 aliphatic heterocycles. The van der Waals surface area contributed by atoms with Crippen molar-refractivity contribution in [3.63, 3.8) is 0 Å². The highest BCUT2D eigenvalue weighted by molar-refractivity contribution is 7.89. The summed E-state index contributed by atoms with van der Waals surface area (Å²) in [7, 11) is -3.14. The second-order valence-corrected chi connectivity index (χ2v) is 6.11. The SMILES string of the molecule is CCS(=O)(=O)NC1CCc2cc(N)ccc21. The monoisotopic (exact) mass is 240 g/mol. The fourth-order valence-electron chi connectivity index (χ4n) is 2.06. The number of sulfonamides is 1. The number of nitrogens with two attached hydrogens (primary N) is 1. The topological polar surface area (TPSA) is 72.2 Å². The van der Waals surface area contributed by atoms with E-state index in [1.807, 2.05) is 18.2 Å². The van der Waals surface area contributed by atoms with Crippen molar-refractivity contribution in [1.29, 1.82) is 0 Å². The molecular formula is C11H16N2O2S. The maximum atomic E-state index is 11.5. The molecule has 0 heterocycles. The Balaban J connectivity index is 2.24. The zero-order valence-corrected chi connectivity index (χ0v) is 10.0. The van der Waals surface area contributed by atoms with Crippen LogP contribution in [0.5, 0.6) is 0 Å². The van der Waals surface area contributed by atoms with Crippen LogP contribution >= 0.6 is 0 Å². The molecule has 0 spiro atoms. The van der Waals surface area contributed by atoms with Gasteiger partial charge in [0.05, 0.1) is 5.75 Å². The lowest BCUT2D eigenvalue weighted by atomic mass is 10.1. The number of benzene rings is 1. The van der Waals surface area contributed by atoms with Gasteiger partial charge in [0.1, 0.15) is 0 Å². The maximum Gasteiger partial charge on any atom is 0.211 e. The van der Waals surface area contributed by atoms with E-state index in [4.69, 9.17) is 5.73 Å². The van der Waals surface area contributed by atoms with Crippen LogP contribution in [0, 0.1) is 0 Å². The molecule has 1 aliphatic carbocycles. The molecule has 0 radical (unpaired) electrons. The molecule has 1 atom stereocenters. The fourth-order valence-corrected chi connectivity index (χ4v) is 2.90. The Labute approximate surface area is 95.9 Å². The van der Waals surface area contributed by atoms with Crippen LogP contribution in [0.15, 0.2) is 18.2 Å². The lowest BCUT2D eigenvalue weighted by Crippen LogP contribution is -2.28. The van der Waals surface area contributed by atoms with Gasteiger partial charge in [-0.25, -0.2) is 13.1 Å². The minimum Gasteiger partial charge on any atom is -0.399 e. The van der Waals surface area contributed by atoms with Crippen LogP contribution in [0.1, 0.15) is 30.5 Å². The van der Waals surface area contributed by atoms with Crippen LogP contribution in [0.4, 0.5) is 5.69 Å². The van der Waals surface area contributed by atoms with Crippen LogP contribution in [0.3, 0.4) is 0 Å². The Hall–Kier alpha value is -1.07. The third-order valence-corrected chi connectivity index (χ3v) is 4.35. The summed E-state index contributed by atoms with van der Waals surface area (Å²) in [6.45, 7) is 1.64. The van der Waals surface area contributed by atoms with Crippen LogP contribution < -0.4 is 10.5 Å². The molecule has 2 rings (SSSR count). The Morgan fingerprint density at radius 1 is 1.50 bits per heavy atom. The third kappa shape index (κ3) is 2.20. The molecule has 5 heteroatoms. The molecule has 0 bridgehead atoms. The van der Waals surface area contributed by atoms with Crippen molar-refractivity contribution in [2.24, 2.45) is 0 Å². The van der Waals surface area contributed by atoms with E-state index in [0.29, 0.717) is 0 Å². The zero-order chi connectivity index (χ0) is 11.8. The molecule has 0 saturated heterocycles. The number of hydrogen-bond acceptors (Lipinski definition) is 3. The van der Waals surface area contributed by atoms with Gasteiger partial charge in [-0.1, -0.05) is 6.07 Å². The van der Waals surface area contributed by atoms with Crippen LogP contribution in [0.25, 0.3) is 0 Å². The summed E-state index contributed by atoms with van der Waals surface area (Å²) in [5, 5.41) is 0. The van der Waals surface area contributed by atoms with Crippen molar-refractivity contribution in [2.45, 2.75) is 25.8 Å². The maximum absolute atomic E-state index is 11.5. The van der Waals surface area contributed by atoms with Crippen molar-refractivity contribution >= 4 is 15.7 Å². The van der Waals surface area contributed by atoms with Gasteiger partial charge in [-0.3, -0.25) is 0 Å². The standard InChI is InChI=1S/C11H16N2O2S/c1-2-16(14,15)13-11-6-3-8-7-9(12)4-5-10(8)11/h4-5,7,11,13H,2-3,6,12H2,1H3. The summed E-state index contributed by atoms with van der Waals surface area (Å²) >= 11 is 0. The summed E-state index contributed by atoms with van der Waals surface area (Å²) in [5.74, 6) is 0.119. The second kappa shape index (κ2) is 4.07. The second-order valence-electron chi connectivity index (χ2n) is 4.07. The predicted octanol–water partition coefficient (Wildman–Crippen LogP) is 1.20. The number of aryl methyl sites for hydroxylation is 1. The number of nitrogen functional groups attached to an aromatic ring is 1. The lowest BCUT2D eigenvalue weighted by molar-refractivity contribution is 0.555. The van der Waals surface area contributed by atoms with Gasteiger partial charge in [0.2, 0.25) is 10.0 Å². The molecule has 16 heavy (non-hydrogen) atoms. The zero-order valence-electron chi connectivity index (χ0n) is 9.23. The first-order chi connectivity index (χ1) is 7.52. The summed E-state index contributed by atoms with van der Waals surface area (Å²) in [6.07, 6.45) is 1.70. The van der Waals surface area contributed by atoms with Gasteiger partial charge in [0.15, 0.2) is 0 Å². The van der Waals surface area contributed by atoms with E-state index in [0.717, 1.165) is 29.7 Å². The van der Waals surface area contributed by atoms with Crippen molar-refractivity contribution in [2.75, 3.05) is 11.5 Å². The first-order valence-corrected chi connectivity index (χ1v) is 7.05.